The predicted octanol–water partition coefficient (Wildman–Crippen LogP) is 16.4. The Labute approximate surface area is 375 Å². The van der Waals surface area contributed by atoms with Crippen LogP contribution in [0.1, 0.15) is 226 Å². The summed E-state index contributed by atoms with van der Waals surface area (Å²) in [7, 11) is 0. The van der Waals surface area contributed by atoms with E-state index in [9.17, 15) is 14.4 Å². The van der Waals surface area contributed by atoms with Gasteiger partial charge in [0, 0.05) is 19.3 Å². The molecule has 0 rings (SSSR count). The molecule has 1 atom stereocenters. The molecule has 0 radical (unpaired) electrons. The fourth-order valence-electron chi connectivity index (χ4n) is 6.50. The summed E-state index contributed by atoms with van der Waals surface area (Å²) in [6.07, 6.45) is 62.9. The largest absolute Gasteiger partial charge is 0.462 e. The summed E-state index contributed by atoms with van der Waals surface area (Å²) >= 11 is 0. The van der Waals surface area contributed by atoms with Crippen LogP contribution in [0.4, 0.5) is 0 Å². The van der Waals surface area contributed by atoms with Crippen molar-refractivity contribution in [2.45, 2.75) is 232 Å². The van der Waals surface area contributed by atoms with Crippen molar-refractivity contribution in [3.8, 4) is 0 Å². The lowest BCUT2D eigenvalue weighted by Crippen LogP contribution is -2.30. The van der Waals surface area contributed by atoms with Gasteiger partial charge in [0.15, 0.2) is 6.10 Å². The first-order valence-electron chi connectivity index (χ1n) is 25.1. The maximum Gasteiger partial charge on any atom is 0.306 e. The second-order valence-corrected chi connectivity index (χ2v) is 16.4. The smallest absolute Gasteiger partial charge is 0.306 e. The maximum absolute atomic E-state index is 12.8. The molecule has 0 aromatic heterocycles. The summed E-state index contributed by atoms with van der Waals surface area (Å²) in [5, 5.41) is 0. The molecule has 0 aliphatic carbocycles. The Balaban J connectivity index is 4.54. The lowest BCUT2D eigenvalue weighted by molar-refractivity contribution is -0.167. The normalized spacial score (nSPS) is 12.8. The third-order valence-electron chi connectivity index (χ3n) is 10.3. The van der Waals surface area contributed by atoms with Gasteiger partial charge in [-0.15, -0.1) is 0 Å². The fourth-order valence-corrected chi connectivity index (χ4v) is 6.50. The summed E-state index contributed by atoms with van der Waals surface area (Å²) in [4.78, 5) is 37.8. The molecule has 348 valence electrons. The van der Waals surface area contributed by atoms with Gasteiger partial charge in [-0.25, -0.2) is 0 Å². The van der Waals surface area contributed by atoms with E-state index in [0.29, 0.717) is 19.3 Å². The number of carbonyl (C=O) groups is 3. The highest BCUT2D eigenvalue weighted by atomic mass is 16.6. The van der Waals surface area contributed by atoms with E-state index in [1.165, 1.54) is 96.3 Å². The molecule has 0 saturated heterocycles. The van der Waals surface area contributed by atoms with Gasteiger partial charge in [-0.2, -0.15) is 0 Å². The molecule has 6 heteroatoms. The first-order chi connectivity index (χ1) is 30.0. The molecule has 0 amide bonds. The summed E-state index contributed by atoms with van der Waals surface area (Å²) < 4.78 is 16.7. The first kappa shape index (κ1) is 57.6. The van der Waals surface area contributed by atoms with Crippen LogP contribution in [0.2, 0.25) is 0 Å². The molecule has 0 N–H and O–H groups in total. The van der Waals surface area contributed by atoms with Crippen molar-refractivity contribution >= 4 is 17.9 Å². The summed E-state index contributed by atoms with van der Waals surface area (Å²) in [5.41, 5.74) is 0. The van der Waals surface area contributed by atoms with Gasteiger partial charge in [0.25, 0.3) is 0 Å². The quantitative estimate of drug-likeness (QED) is 0.0263. The standard InChI is InChI=1S/C55H92O6/c1-4-7-10-13-16-19-22-24-26-27-29-31-34-37-40-43-46-49-55(58)61-52(50-59-53(56)47-44-41-38-35-32-21-18-15-12-9-6-3)51-60-54(57)48-45-42-39-36-33-30-28-25-23-20-17-14-11-8-5-2/h15,17-18,20,24-26,28-29,31,33,36-37,40,52H,4-14,16,19,21-23,27,30,32,34-35,38-39,41-51H2,1-3H3/b18-15-,20-17-,26-24-,28-25-,31-29-,36-33-,40-37-/t52-/m0/s1. The number of unbranched alkanes of at least 4 members (excludes halogenated alkanes) is 19. The highest BCUT2D eigenvalue weighted by Gasteiger charge is 2.19. The van der Waals surface area contributed by atoms with Crippen LogP contribution in [-0.2, 0) is 28.6 Å². The second-order valence-electron chi connectivity index (χ2n) is 16.4. The second kappa shape index (κ2) is 49.2. The third-order valence-corrected chi connectivity index (χ3v) is 10.3. The zero-order chi connectivity index (χ0) is 44.4. The van der Waals surface area contributed by atoms with E-state index >= 15 is 0 Å². The Kier molecular flexibility index (Phi) is 46.5. The summed E-state index contributed by atoms with van der Waals surface area (Å²) in [6, 6.07) is 0. The fraction of sp³-hybridized carbons (Fsp3) is 0.691. The highest BCUT2D eigenvalue weighted by molar-refractivity contribution is 5.71. The van der Waals surface area contributed by atoms with Gasteiger partial charge in [-0.3, -0.25) is 14.4 Å². The molecule has 0 aromatic rings. The monoisotopic (exact) mass is 849 g/mol. The number of hydrogen-bond acceptors (Lipinski definition) is 6. The average Bonchev–Trinajstić information content (AvgIpc) is 3.26. The maximum atomic E-state index is 12.8. The van der Waals surface area contributed by atoms with Crippen molar-refractivity contribution in [3.05, 3.63) is 85.1 Å². The lowest BCUT2D eigenvalue weighted by Gasteiger charge is -2.18. The van der Waals surface area contributed by atoms with E-state index in [4.69, 9.17) is 14.2 Å². The van der Waals surface area contributed by atoms with Gasteiger partial charge < -0.3 is 14.2 Å². The number of ether oxygens (including phenoxy) is 3. The van der Waals surface area contributed by atoms with Crippen LogP contribution in [0.15, 0.2) is 85.1 Å². The van der Waals surface area contributed by atoms with Crippen molar-refractivity contribution in [2.24, 2.45) is 0 Å². The van der Waals surface area contributed by atoms with E-state index in [0.717, 1.165) is 83.5 Å². The van der Waals surface area contributed by atoms with E-state index < -0.39 is 6.10 Å². The molecule has 6 nitrogen and oxygen atoms in total. The van der Waals surface area contributed by atoms with Crippen molar-refractivity contribution in [2.75, 3.05) is 13.2 Å². The van der Waals surface area contributed by atoms with Crippen LogP contribution in [0.3, 0.4) is 0 Å². The van der Waals surface area contributed by atoms with Crippen LogP contribution in [0.5, 0.6) is 0 Å². The van der Waals surface area contributed by atoms with Gasteiger partial charge in [-0.1, -0.05) is 183 Å². The topological polar surface area (TPSA) is 78.9 Å². The molecule has 0 bridgehead atoms. The lowest BCUT2D eigenvalue weighted by atomic mass is 10.1. The molecular weight excluding hydrogens is 757 g/mol. The number of rotatable bonds is 44. The van der Waals surface area contributed by atoms with Crippen LogP contribution >= 0.6 is 0 Å². The Morgan fingerprint density at radius 1 is 0.328 bits per heavy atom. The van der Waals surface area contributed by atoms with E-state index in [1.54, 1.807) is 0 Å². The molecular formula is C55H92O6. The predicted molar refractivity (Wildman–Crippen MR) is 261 cm³/mol. The number of allylic oxidation sites excluding steroid dienone is 14. The van der Waals surface area contributed by atoms with Gasteiger partial charge in [0.1, 0.15) is 13.2 Å². The molecule has 0 aliphatic heterocycles. The molecule has 0 heterocycles. The number of hydrogen-bond donors (Lipinski definition) is 0. The van der Waals surface area contributed by atoms with Gasteiger partial charge >= 0.3 is 17.9 Å². The SMILES string of the molecule is CCCC/C=C\CCCCCCCC(=O)OC[C@@H](COC(=O)CCCC/C=C\C/C=C\C/C=C\CCCCC)OC(=O)CCC/C=C\C/C=C\C/C=C\CCCCCCCC. The first-order valence-corrected chi connectivity index (χ1v) is 25.1. The number of esters is 3. The van der Waals surface area contributed by atoms with Crippen LogP contribution in [0, 0.1) is 0 Å². The molecule has 0 aromatic carbocycles. The minimum absolute atomic E-state index is 0.114. The molecule has 0 unspecified atom stereocenters. The van der Waals surface area contributed by atoms with Crippen molar-refractivity contribution < 1.29 is 28.6 Å². The third kappa shape index (κ3) is 47.5. The van der Waals surface area contributed by atoms with Crippen molar-refractivity contribution in [1.82, 2.24) is 0 Å². The van der Waals surface area contributed by atoms with Crippen LogP contribution in [-0.4, -0.2) is 37.2 Å². The highest BCUT2D eigenvalue weighted by Crippen LogP contribution is 2.12. The van der Waals surface area contributed by atoms with Crippen LogP contribution < -0.4 is 0 Å². The van der Waals surface area contributed by atoms with Gasteiger partial charge in [0.05, 0.1) is 0 Å². The molecule has 0 fully saturated rings. The average molecular weight is 849 g/mol. The Morgan fingerprint density at radius 3 is 1.10 bits per heavy atom. The number of carbonyl (C=O) groups excluding carboxylic acids is 3. The zero-order valence-corrected chi connectivity index (χ0v) is 39.7. The zero-order valence-electron chi connectivity index (χ0n) is 39.7. The Hall–Kier alpha value is -3.41. The Bertz CT molecular complexity index is 1200. The molecule has 0 spiro atoms. The molecule has 61 heavy (non-hydrogen) atoms. The van der Waals surface area contributed by atoms with E-state index in [1.807, 2.05) is 0 Å². The van der Waals surface area contributed by atoms with Crippen LogP contribution in [0.25, 0.3) is 0 Å². The minimum Gasteiger partial charge on any atom is -0.462 e. The summed E-state index contributed by atoms with van der Waals surface area (Å²) in [6.45, 7) is 6.47. The Morgan fingerprint density at radius 2 is 0.623 bits per heavy atom. The molecule has 0 saturated carbocycles. The summed E-state index contributed by atoms with van der Waals surface area (Å²) in [5.74, 6) is -1.02. The molecule has 0 aliphatic rings. The van der Waals surface area contributed by atoms with Crippen molar-refractivity contribution in [1.29, 1.82) is 0 Å². The van der Waals surface area contributed by atoms with Gasteiger partial charge in [-0.05, 0) is 109 Å². The van der Waals surface area contributed by atoms with E-state index in [-0.39, 0.29) is 37.5 Å². The van der Waals surface area contributed by atoms with E-state index in [2.05, 4.69) is 106 Å². The van der Waals surface area contributed by atoms with Crippen molar-refractivity contribution in [3.63, 3.8) is 0 Å². The van der Waals surface area contributed by atoms with Gasteiger partial charge in [0.2, 0.25) is 0 Å². The minimum atomic E-state index is -0.821.